The Morgan fingerprint density at radius 2 is 1.88 bits per heavy atom. The van der Waals surface area contributed by atoms with Crippen LogP contribution in [0.3, 0.4) is 0 Å². The quantitative estimate of drug-likeness (QED) is 0.799. The molecule has 0 spiro atoms. The maximum absolute atomic E-state index is 11.8. The number of anilines is 1. The number of nitrogens with zero attached hydrogens (tertiary/aromatic N) is 2. The summed E-state index contributed by atoms with van der Waals surface area (Å²) in [6.07, 6.45) is 3.43. The largest absolute Gasteiger partial charge is 0.327 e. The van der Waals surface area contributed by atoms with Gasteiger partial charge in [-0.3, -0.25) is 0 Å². The summed E-state index contributed by atoms with van der Waals surface area (Å²) in [5, 5.41) is 0.573. The number of hydrogen-bond donors (Lipinski definition) is 0. The molecule has 0 N–H and O–H groups in total. The molecule has 1 aliphatic heterocycles. The standard InChI is InChI=1S/C10H8Cl2N2O2S/c11-7-3-9-10(4-8(7)12)17(15,16)13-5-14(9)6-1-2-6/h3-6H,1-2H2. The molecule has 0 amide bonds. The number of hydrogen-bond acceptors (Lipinski definition) is 3. The summed E-state index contributed by atoms with van der Waals surface area (Å²) in [4.78, 5) is 1.97. The van der Waals surface area contributed by atoms with Crippen molar-refractivity contribution < 1.29 is 8.42 Å². The van der Waals surface area contributed by atoms with Crippen LogP contribution in [0.25, 0.3) is 0 Å². The molecule has 3 rings (SSSR count). The van der Waals surface area contributed by atoms with Crippen molar-refractivity contribution >= 4 is 45.3 Å². The van der Waals surface area contributed by atoms with Crippen LogP contribution in [0.15, 0.2) is 21.4 Å². The Balaban J connectivity index is 2.25. The lowest BCUT2D eigenvalue weighted by molar-refractivity contribution is 0.597. The van der Waals surface area contributed by atoms with E-state index in [1.54, 1.807) is 6.07 Å². The van der Waals surface area contributed by atoms with Crippen LogP contribution in [-0.2, 0) is 10.0 Å². The molecule has 0 unspecified atom stereocenters. The van der Waals surface area contributed by atoms with Crippen molar-refractivity contribution in [2.24, 2.45) is 4.40 Å². The third kappa shape index (κ3) is 1.82. The van der Waals surface area contributed by atoms with E-state index in [-0.39, 0.29) is 9.92 Å². The Bertz CT molecular complexity index is 623. The second-order valence-electron chi connectivity index (χ2n) is 4.07. The van der Waals surface area contributed by atoms with Crippen LogP contribution in [0.5, 0.6) is 0 Å². The van der Waals surface area contributed by atoms with Gasteiger partial charge < -0.3 is 4.90 Å². The van der Waals surface area contributed by atoms with Crippen molar-refractivity contribution in [1.82, 2.24) is 0 Å². The second-order valence-corrected chi connectivity index (χ2v) is 6.48. The van der Waals surface area contributed by atoms with Gasteiger partial charge in [0, 0.05) is 6.04 Å². The fourth-order valence-electron chi connectivity index (χ4n) is 1.80. The van der Waals surface area contributed by atoms with Crippen molar-refractivity contribution in [1.29, 1.82) is 0 Å². The predicted octanol–water partition coefficient (Wildman–Crippen LogP) is 2.69. The van der Waals surface area contributed by atoms with Gasteiger partial charge in [0.2, 0.25) is 0 Å². The minimum atomic E-state index is -3.64. The summed E-state index contributed by atoms with van der Waals surface area (Å²) in [6, 6.07) is 3.27. The third-order valence-corrected chi connectivity index (χ3v) is 4.79. The van der Waals surface area contributed by atoms with Crippen molar-refractivity contribution in [2.45, 2.75) is 23.8 Å². The predicted molar refractivity (Wildman–Crippen MR) is 67.6 cm³/mol. The summed E-state index contributed by atoms with van der Waals surface area (Å²) < 4.78 is 27.2. The highest BCUT2D eigenvalue weighted by Crippen LogP contribution is 2.40. The number of sulfonamides is 1. The Morgan fingerprint density at radius 3 is 2.53 bits per heavy atom. The highest BCUT2D eigenvalue weighted by molar-refractivity contribution is 7.90. The van der Waals surface area contributed by atoms with E-state index in [2.05, 4.69) is 4.40 Å². The van der Waals surface area contributed by atoms with Crippen LogP contribution in [0.1, 0.15) is 12.8 Å². The molecule has 0 bridgehead atoms. The normalized spacial score (nSPS) is 21.4. The summed E-state index contributed by atoms with van der Waals surface area (Å²) in [6.45, 7) is 0. The number of halogens is 2. The van der Waals surface area contributed by atoms with E-state index in [4.69, 9.17) is 23.2 Å². The first-order valence-corrected chi connectivity index (χ1v) is 7.26. The van der Waals surface area contributed by atoms with Crippen LogP contribution in [0.2, 0.25) is 10.0 Å². The molecule has 90 valence electrons. The van der Waals surface area contributed by atoms with E-state index in [0.29, 0.717) is 16.8 Å². The summed E-state index contributed by atoms with van der Waals surface area (Å²) in [5.74, 6) is 0. The first kappa shape index (κ1) is 11.3. The highest BCUT2D eigenvalue weighted by atomic mass is 35.5. The van der Waals surface area contributed by atoms with Crippen LogP contribution in [0, 0.1) is 0 Å². The van der Waals surface area contributed by atoms with Crippen molar-refractivity contribution in [3.63, 3.8) is 0 Å². The topological polar surface area (TPSA) is 49.7 Å². The van der Waals surface area contributed by atoms with Crippen molar-refractivity contribution in [3.8, 4) is 0 Å². The van der Waals surface area contributed by atoms with Gasteiger partial charge in [-0.1, -0.05) is 23.2 Å². The van der Waals surface area contributed by atoms with Gasteiger partial charge in [0.05, 0.1) is 15.7 Å². The molecule has 4 nitrogen and oxygen atoms in total. The Morgan fingerprint density at radius 1 is 1.24 bits per heavy atom. The average Bonchev–Trinajstić information content (AvgIpc) is 3.05. The first-order chi connectivity index (χ1) is 7.99. The monoisotopic (exact) mass is 290 g/mol. The molecule has 1 heterocycles. The zero-order valence-corrected chi connectivity index (χ0v) is 10.9. The Hall–Kier alpha value is -0.780. The lowest BCUT2D eigenvalue weighted by Gasteiger charge is -2.25. The molecule has 1 fully saturated rings. The van der Waals surface area contributed by atoms with Gasteiger partial charge in [-0.25, -0.2) is 0 Å². The average molecular weight is 291 g/mol. The van der Waals surface area contributed by atoms with Gasteiger partial charge in [0.25, 0.3) is 10.0 Å². The smallest absolute Gasteiger partial charge is 0.285 e. The molecular weight excluding hydrogens is 283 g/mol. The second kappa shape index (κ2) is 3.60. The fourth-order valence-corrected chi connectivity index (χ4v) is 3.22. The van der Waals surface area contributed by atoms with E-state index in [1.807, 2.05) is 4.90 Å². The number of rotatable bonds is 1. The van der Waals surface area contributed by atoms with Gasteiger partial charge >= 0.3 is 0 Å². The number of fused-ring (bicyclic) bond motifs is 1. The van der Waals surface area contributed by atoms with E-state index in [0.717, 1.165) is 12.8 Å². The van der Waals surface area contributed by atoms with Gasteiger partial charge in [-0.2, -0.15) is 8.42 Å². The van der Waals surface area contributed by atoms with Gasteiger partial charge in [-0.05, 0) is 25.0 Å². The minimum absolute atomic E-state index is 0.126. The first-order valence-electron chi connectivity index (χ1n) is 5.07. The van der Waals surface area contributed by atoms with Gasteiger partial charge in [0.15, 0.2) is 0 Å². The van der Waals surface area contributed by atoms with E-state index in [9.17, 15) is 8.42 Å². The van der Waals surface area contributed by atoms with Gasteiger partial charge in [-0.15, -0.1) is 4.40 Å². The molecule has 17 heavy (non-hydrogen) atoms. The SMILES string of the molecule is O=S1(=O)N=CN(C2CC2)c2cc(Cl)c(Cl)cc21. The van der Waals surface area contributed by atoms with Crippen LogP contribution >= 0.6 is 23.2 Å². The van der Waals surface area contributed by atoms with Crippen LogP contribution in [-0.4, -0.2) is 20.8 Å². The molecule has 2 aliphatic rings. The fraction of sp³-hybridized carbons (Fsp3) is 0.300. The van der Waals surface area contributed by atoms with Crippen molar-refractivity contribution in [2.75, 3.05) is 4.90 Å². The summed E-state index contributed by atoms with van der Waals surface area (Å²) >= 11 is 11.8. The molecule has 1 aliphatic carbocycles. The molecule has 0 aromatic heterocycles. The molecule has 0 saturated heterocycles. The lowest BCUT2D eigenvalue weighted by atomic mass is 10.3. The molecular formula is C10H8Cl2N2O2S. The summed E-state index contributed by atoms with van der Waals surface area (Å²) in [7, 11) is -3.64. The maximum Gasteiger partial charge on any atom is 0.285 e. The zero-order chi connectivity index (χ0) is 12.2. The number of benzene rings is 1. The molecule has 1 aromatic carbocycles. The highest BCUT2D eigenvalue weighted by Gasteiger charge is 2.35. The maximum atomic E-state index is 11.8. The van der Waals surface area contributed by atoms with E-state index >= 15 is 0 Å². The molecule has 0 radical (unpaired) electrons. The summed E-state index contributed by atoms with van der Waals surface area (Å²) in [5.41, 5.74) is 0.567. The van der Waals surface area contributed by atoms with E-state index in [1.165, 1.54) is 12.4 Å². The molecule has 1 saturated carbocycles. The van der Waals surface area contributed by atoms with Crippen molar-refractivity contribution in [3.05, 3.63) is 22.2 Å². The lowest BCUT2D eigenvalue weighted by Crippen LogP contribution is -2.29. The molecule has 0 atom stereocenters. The zero-order valence-electron chi connectivity index (χ0n) is 8.60. The molecule has 1 aromatic rings. The van der Waals surface area contributed by atoms with Crippen LogP contribution in [0.4, 0.5) is 5.69 Å². The minimum Gasteiger partial charge on any atom is -0.327 e. The van der Waals surface area contributed by atoms with Gasteiger partial charge in [0.1, 0.15) is 11.2 Å². The Kier molecular flexibility index (Phi) is 2.40. The third-order valence-electron chi connectivity index (χ3n) is 2.81. The van der Waals surface area contributed by atoms with Crippen LogP contribution < -0.4 is 4.90 Å². The Labute approximate surface area is 109 Å². The molecule has 7 heteroatoms. The van der Waals surface area contributed by atoms with E-state index < -0.39 is 10.0 Å².